The van der Waals surface area contributed by atoms with E-state index in [1.165, 1.54) is 11.3 Å². The number of nitrogen functional groups attached to an aromatic ring is 1. The highest BCUT2D eigenvalue weighted by atomic mass is 32.1. The lowest BCUT2D eigenvalue weighted by Crippen LogP contribution is -2.11. The number of fused-ring (bicyclic) bond motifs is 4. The van der Waals surface area contributed by atoms with Crippen LogP contribution in [-0.2, 0) is 0 Å². The Balaban J connectivity index is 1.62. The van der Waals surface area contributed by atoms with Crippen molar-refractivity contribution in [1.29, 1.82) is 0 Å². The number of aromatic nitrogens is 1. The SMILES string of the molecule is COc1ccc(-c2c3c(nc4sc(C(=O)Nc5ccccc5)c(N)c24)C(=O)c2ccccc2-3)cc1. The van der Waals surface area contributed by atoms with Crippen LogP contribution in [0, 0.1) is 0 Å². The smallest absolute Gasteiger partial charge is 0.267 e. The second-order valence-electron chi connectivity index (χ2n) is 8.16. The number of benzene rings is 3. The zero-order valence-electron chi connectivity index (χ0n) is 18.7. The molecular weight excluding hydrogens is 458 g/mol. The molecule has 0 spiro atoms. The number of ether oxygens (including phenoxy) is 1. The number of carbonyl (C=O) groups is 2. The van der Waals surface area contributed by atoms with E-state index in [-0.39, 0.29) is 11.7 Å². The van der Waals surface area contributed by atoms with Gasteiger partial charge in [-0.05, 0) is 35.4 Å². The lowest BCUT2D eigenvalue weighted by molar-refractivity contribution is 0.102. The lowest BCUT2D eigenvalue weighted by atomic mass is 9.93. The van der Waals surface area contributed by atoms with Crippen molar-refractivity contribution in [3.8, 4) is 28.0 Å². The van der Waals surface area contributed by atoms with Crippen LogP contribution in [0.5, 0.6) is 5.75 Å². The molecule has 170 valence electrons. The van der Waals surface area contributed by atoms with Crippen LogP contribution in [0.15, 0.2) is 78.9 Å². The van der Waals surface area contributed by atoms with E-state index in [4.69, 9.17) is 15.5 Å². The molecule has 1 amide bonds. The normalized spacial score (nSPS) is 11.9. The molecule has 3 N–H and O–H groups in total. The third kappa shape index (κ3) is 3.28. The molecule has 0 bridgehead atoms. The van der Waals surface area contributed by atoms with E-state index < -0.39 is 0 Å². The number of amides is 1. The van der Waals surface area contributed by atoms with Crippen molar-refractivity contribution in [2.24, 2.45) is 0 Å². The van der Waals surface area contributed by atoms with Crippen LogP contribution >= 0.6 is 11.3 Å². The van der Waals surface area contributed by atoms with Gasteiger partial charge in [0, 0.05) is 27.8 Å². The third-order valence-corrected chi connectivity index (χ3v) is 7.25. The number of nitrogens with zero attached hydrogens (tertiary/aromatic N) is 1. The second-order valence-corrected chi connectivity index (χ2v) is 9.16. The standard InChI is InChI=1S/C28H19N3O3S/c1-34-17-13-11-15(12-14-17)20-21-18-9-5-6-10-19(18)25(32)24(21)31-28-22(20)23(29)26(35-28)27(33)30-16-7-3-2-4-8-16/h2-14H,29H2,1H3,(H,30,33). The van der Waals surface area contributed by atoms with Crippen molar-refractivity contribution >= 4 is 44.6 Å². The summed E-state index contributed by atoms with van der Waals surface area (Å²) in [6.07, 6.45) is 0. The number of carbonyl (C=O) groups excluding carboxylic acids is 2. The van der Waals surface area contributed by atoms with Crippen LogP contribution < -0.4 is 15.8 Å². The van der Waals surface area contributed by atoms with Gasteiger partial charge in [0.05, 0.1) is 12.8 Å². The third-order valence-electron chi connectivity index (χ3n) is 6.15. The molecule has 0 unspecified atom stereocenters. The van der Waals surface area contributed by atoms with Gasteiger partial charge in [0.25, 0.3) is 5.91 Å². The lowest BCUT2D eigenvalue weighted by Gasteiger charge is -2.12. The van der Waals surface area contributed by atoms with Gasteiger partial charge >= 0.3 is 0 Å². The van der Waals surface area contributed by atoms with E-state index >= 15 is 0 Å². The Hall–Kier alpha value is -4.49. The molecule has 0 radical (unpaired) electrons. The van der Waals surface area contributed by atoms with E-state index in [1.807, 2.05) is 78.9 Å². The summed E-state index contributed by atoms with van der Waals surface area (Å²) in [5.41, 5.74) is 11.8. The predicted octanol–water partition coefficient (Wildman–Crippen LogP) is 6.02. The first-order valence-corrected chi connectivity index (χ1v) is 11.8. The second kappa shape index (κ2) is 8.07. The summed E-state index contributed by atoms with van der Waals surface area (Å²) in [4.78, 5) is 32.1. The first-order chi connectivity index (χ1) is 17.1. The van der Waals surface area contributed by atoms with Gasteiger partial charge in [0.1, 0.15) is 21.2 Å². The van der Waals surface area contributed by atoms with Gasteiger partial charge in [-0.15, -0.1) is 11.3 Å². The molecule has 0 saturated carbocycles. The van der Waals surface area contributed by atoms with E-state index in [9.17, 15) is 9.59 Å². The molecule has 0 aliphatic heterocycles. The number of thiophene rings is 1. The molecule has 3 aromatic carbocycles. The van der Waals surface area contributed by atoms with Gasteiger partial charge in [0.15, 0.2) is 0 Å². The summed E-state index contributed by atoms with van der Waals surface area (Å²) in [5.74, 6) is 0.271. The highest BCUT2D eigenvalue weighted by Crippen LogP contribution is 2.49. The minimum atomic E-state index is -0.315. The van der Waals surface area contributed by atoms with Crippen LogP contribution in [0.3, 0.4) is 0 Å². The van der Waals surface area contributed by atoms with Crippen LogP contribution in [0.2, 0.25) is 0 Å². The highest BCUT2D eigenvalue weighted by Gasteiger charge is 2.34. The van der Waals surface area contributed by atoms with Crippen molar-refractivity contribution in [2.75, 3.05) is 18.2 Å². The number of para-hydroxylation sites is 1. The molecule has 0 atom stereocenters. The molecule has 2 heterocycles. The number of nitrogens with one attached hydrogen (secondary N) is 1. The Morgan fingerprint density at radius 3 is 2.31 bits per heavy atom. The predicted molar refractivity (Wildman–Crippen MR) is 139 cm³/mol. The molecule has 6 nitrogen and oxygen atoms in total. The fourth-order valence-corrected chi connectivity index (χ4v) is 5.53. The molecule has 7 heteroatoms. The van der Waals surface area contributed by atoms with Gasteiger partial charge in [-0.2, -0.15) is 0 Å². The maximum atomic E-state index is 13.3. The molecule has 2 aromatic heterocycles. The number of ketones is 1. The highest BCUT2D eigenvalue weighted by molar-refractivity contribution is 7.21. The number of hydrogen-bond donors (Lipinski definition) is 2. The van der Waals surface area contributed by atoms with Gasteiger partial charge in [-0.25, -0.2) is 4.98 Å². The number of pyridine rings is 1. The van der Waals surface area contributed by atoms with Gasteiger partial charge in [-0.1, -0.05) is 54.6 Å². The molecule has 0 saturated heterocycles. The average Bonchev–Trinajstić information content (AvgIpc) is 3.38. The quantitative estimate of drug-likeness (QED) is 0.324. The molecular formula is C28H19N3O3S. The maximum Gasteiger partial charge on any atom is 0.267 e. The van der Waals surface area contributed by atoms with Crippen LogP contribution in [-0.4, -0.2) is 23.8 Å². The molecule has 35 heavy (non-hydrogen) atoms. The van der Waals surface area contributed by atoms with Crippen molar-refractivity contribution in [3.63, 3.8) is 0 Å². The van der Waals surface area contributed by atoms with Gasteiger partial charge in [-0.3, -0.25) is 9.59 Å². The molecule has 1 aliphatic rings. The van der Waals surface area contributed by atoms with Crippen LogP contribution in [0.4, 0.5) is 11.4 Å². The zero-order valence-corrected chi connectivity index (χ0v) is 19.5. The van der Waals surface area contributed by atoms with Gasteiger partial charge < -0.3 is 15.8 Å². The Labute approximate surface area is 205 Å². The van der Waals surface area contributed by atoms with Crippen LogP contribution in [0.25, 0.3) is 32.5 Å². The number of hydrogen-bond acceptors (Lipinski definition) is 6. The molecule has 6 rings (SSSR count). The minimum absolute atomic E-state index is 0.130. The summed E-state index contributed by atoms with van der Waals surface area (Å²) in [7, 11) is 1.61. The molecule has 1 aliphatic carbocycles. The van der Waals surface area contributed by atoms with E-state index in [2.05, 4.69) is 5.32 Å². The first kappa shape index (κ1) is 21.1. The van der Waals surface area contributed by atoms with Crippen LogP contribution in [0.1, 0.15) is 25.7 Å². The van der Waals surface area contributed by atoms with E-state index in [0.29, 0.717) is 43.5 Å². The fraction of sp³-hybridized carbons (Fsp3) is 0.0357. The zero-order chi connectivity index (χ0) is 24.1. The number of nitrogens with two attached hydrogens (primary N) is 1. The summed E-state index contributed by atoms with van der Waals surface area (Å²) < 4.78 is 5.33. The summed E-state index contributed by atoms with van der Waals surface area (Å²) in [5, 5.41) is 3.56. The number of rotatable bonds is 4. The van der Waals surface area contributed by atoms with Gasteiger partial charge in [0.2, 0.25) is 5.78 Å². The van der Waals surface area contributed by atoms with E-state index in [1.54, 1.807) is 7.11 Å². The summed E-state index contributed by atoms with van der Waals surface area (Å²) >= 11 is 1.19. The van der Waals surface area contributed by atoms with Crippen molar-refractivity contribution in [1.82, 2.24) is 4.98 Å². The minimum Gasteiger partial charge on any atom is -0.497 e. The Morgan fingerprint density at radius 2 is 1.60 bits per heavy atom. The first-order valence-electron chi connectivity index (χ1n) is 11.0. The Bertz CT molecular complexity index is 1640. The summed E-state index contributed by atoms with van der Waals surface area (Å²) in [6, 6.07) is 24.3. The fourth-order valence-electron chi connectivity index (χ4n) is 4.53. The average molecular weight is 478 g/mol. The maximum absolute atomic E-state index is 13.3. The van der Waals surface area contributed by atoms with Crippen molar-refractivity contribution < 1.29 is 14.3 Å². The molecule has 0 fully saturated rings. The van der Waals surface area contributed by atoms with E-state index in [0.717, 1.165) is 22.3 Å². The monoisotopic (exact) mass is 477 g/mol. The topological polar surface area (TPSA) is 94.3 Å². The van der Waals surface area contributed by atoms with Crippen molar-refractivity contribution in [2.45, 2.75) is 0 Å². The van der Waals surface area contributed by atoms with Crippen molar-refractivity contribution in [3.05, 3.63) is 95.0 Å². The Kier molecular flexibility index (Phi) is 4.86. The number of anilines is 2. The Morgan fingerprint density at radius 1 is 0.914 bits per heavy atom. The largest absolute Gasteiger partial charge is 0.497 e. The molecule has 5 aromatic rings. The number of methoxy groups -OCH3 is 1. The summed E-state index contributed by atoms with van der Waals surface area (Å²) in [6.45, 7) is 0.